The smallest absolute Gasteiger partial charge is 0.226 e. The van der Waals surface area contributed by atoms with Crippen LogP contribution in [0.2, 0.25) is 0 Å². The van der Waals surface area contributed by atoms with E-state index in [0.29, 0.717) is 17.0 Å². The predicted octanol–water partition coefficient (Wildman–Crippen LogP) is 4.31. The summed E-state index contributed by atoms with van der Waals surface area (Å²) >= 11 is 3.68. The van der Waals surface area contributed by atoms with Gasteiger partial charge in [0.1, 0.15) is 0 Å². The lowest BCUT2D eigenvalue weighted by molar-refractivity contribution is 0.485. The predicted molar refractivity (Wildman–Crippen MR) is 81.5 cm³/mol. The summed E-state index contributed by atoms with van der Waals surface area (Å²) in [5, 5.41) is 8.43. The molecule has 0 spiro atoms. The van der Waals surface area contributed by atoms with E-state index >= 15 is 0 Å². The average molecular weight is 294 g/mol. The third kappa shape index (κ3) is 4.91. The fourth-order valence-corrected chi connectivity index (χ4v) is 3.25. The van der Waals surface area contributed by atoms with Crippen LogP contribution < -0.4 is 0 Å². The Kier molecular flexibility index (Phi) is 5.34. The van der Waals surface area contributed by atoms with E-state index < -0.39 is 0 Å². The minimum atomic E-state index is 0.626. The maximum absolute atomic E-state index is 5.34. The molecule has 0 fully saturated rings. The Hall–Kier alpha value is -0.940. The number of aryl methyl sites for hydroxylation is 1. The molecule has 0 aliphatic rings. The summed E-state index contributed by atoms with van der Waals surface area (Å²) in [6, 6.07) is 8.77. The molecule has 5 heteroatoms. The number of thioether (sulfide) groups is 2. The summed E-state index contributed by atoms with van der Waals surface area (Å²) in [6.07, 6.45) is 0. The third-order valence-electron chi connectivity index (χ3n) is 2.36. The molecule has 0 radical (unpaired) electrons. The van der Waals surface area contributed by atoms with E-state index in [1.165, 1.54) is 10.5 Å². The molecule has 102 valence electrons. The highest BCUT2D eigenvalue weighted by Crippen LogP contribution is 2.24. The minimum absolute atomic E-state index is 0.626. The highest BCUT2D eigenvalue weighted by atomic mass is 32.2. The van der Waals surface area contributed by atoms with E-state index in [-0.39, 0.29) is 0 Å². The van der Waals surface area contributed by atoms with E-state index in [1.54, 1.807) is 11.8 Å². The van der Waals surface area contributed by atoms with E-state index in [0.717, 1.165) is 11.5 Å². The molecule has 1 heterocycles. The Morgan fingerprint density at radius 3 is 2.42 bits per heavy atom. The zero-order chi connectivity index (χ0) is 13.7. The summed E-state index contributed by atoms with van der Waals surface area (Å²) in [6.45, 7) is 6.23. The van der Waals surface area contributed by atoms with E-state index in [4.69, 9.17) is 4.42 Å². The number of hydrogen-bond donors (Lipinski definition) is 0. The first-order chi connectivity index (χ1) is 9.13. The summed E-state index contributed by atoms with van der Waals surface area (Å²) in [5.74, 6) is 3.07. The molecular weight excluding hydrogens is 276 g/mol. The van der Waals surface area contributed by atoms with Gasteiger partial charge in [0.25, 0.3) is 0 Å². The zero-order valence-electron chi connectivity index (χ0n) is 11.4. The van der Waals surface area contributed by atoms with Crippen LogP contribution in [0, 0.1) is 6.92 Å². The SMILES string of the molecule is Cc1nnc(CSCc2ccc(SC(C)C)cc2)o1. The van der Waals surface area contributed by atoms with Crippen molar-refractivity contribution in [2.24, 2.45) is 0 Å². The van der Waals surface area contributed by atoms with Gasteiger partial charge < -0.3 is 4.42 Å². The van der Waals surface area contributed by atoms with E-state index in [9.17, 15) is 0 Å². The van der Waals surface area contributed by atoms with Crippen molar-refractivity contribution in [2.75, 3.05) is 0 Å². The van der Waals surface area contributed by atoms with E-state index in [2.05, 4.69) is 48.3 Å². The second kappa shape index (κ2) is 7.01. The summed E-state index contributed by atoms with van der Waals surface area (Å²) in [4.78, 5) is 1.33. The number of rotatable bonds is 6. The summed E-state index contributed by atoms with van der Waals surface area (Å²) in [7, 11) is 0. The molecule has 2 rings (SSSR count). The fourth-order valence-electron chi connectivity index (χ4n) is 1.59. The van der Waals surface area contributed by atoms with Gasteiger partial charge in [-0.25, -0.2) is 0 Å². The van der Waals surface area contributed by atoms with Crippen LogP contribution in [0.5, 0.6) is 0 Å². The normalized spacial score (nSPS) is 11.2. The zero-order valence-corrected chi connectivity index (χ0v) is 13.1. The lowest BCUT2D eigenvalue weighted by Gasteiger charge is -2.05. The molecule has 0 N–H and O–H groups in total. The van der Waals surface area contributed by atoms with Gasteiger partial charge in [0, 0.05) is 22.8 Å². The molecule has 19 heavy (non-hydrogen) atoms. The molecule has 3 nitrogen and oxygen atoms in total. The lowest BCUT2D eigenvalue weighted by atomic mass is 10.2. The largest absolute Gasteiger partial charge is 0.425 e. The molecule has 0 saturated heterocycles. The molecule has 0 aliphatic heterocycles. The monoisotopic (exact) mass is 294 g/mol. The topological polar surface area (TPSA) is 38.9 Å². The Morgan fingerprint density at radius 1 is 1.11 bits per heavy atom. The first-order valence-corrected chi connectivity index (χ1v) is 8.29. The van der Waals surface area contributed by atoms with Gasteiger partial charge in [0.2, 0.25) is 11.8 Å². The van der Waals surface area contributed by atoms with Gasteiger partial charge in [-0.05, 0) is 17.7 Å². The van der Waals surface area contributed by atoms with Crippen molar-refractivity contribution < 1.29 is 4.42 Å². The Balaban J connectivity index is 1.79. The van der Waals surface area contributed by atoms with Crippen LogP contribution in [0.4, 0.5) is 0 Å². The Labute approximate surface area is 122 Å². The second-order valence-electron chi connectivity index (χ2n) is 4.52. The number of nitrogens with zero attached hydrogens (tertiary/aromatic N) is 2. The lowest BCUT2D eigenvalue weighted by Crippen LogP contribution is -1.87. The van der Waals surface area contributed by atoms with Gasteiger partial charge in [0.15, 0.2) is 0 Å². The van der Waals surface area contributed by atoms with Crippen LogP contribution in [0.1, 0.15) is 31.2 Å². The van der Waals surface area contributed by atoms with Crippen molar-refractivity contribution in [3.8, 4) is 0 Å². The standard InChI is InChI=1S/C14H18N2OS2/c1-10(2)19-13-6-4-12(5-7-13)8-18-9-14-16-15-11(3)17-14/h4-7,10H,8-9H2,1-3H3. The van der Waals surface area contributed by atoms with Crippen LogP contribution in [-0.4, -0.2) is 15.4 Å². The van der Waals surface area contributed by atoms with Gasteiger partial charge in [-0.1, -0.05) is 26.0 Å². The molecule has 2 aromatic rings. The van der Waals surface area contributed by atoms with Crippen molar-refractivity contribution in [3.05, 3.63) is 41.6 Å². The Bertz CT molecular complexity index is 508. The fraction of sp³-hybridized carbons (Fsp3) is 0.429. The molecule has 1 aromatic heterocycles. The third-order valence-corrected chi connectivity index (χ3v) is 4.36. The van der Waals surface area contributed by atoms with Crippen LogP contribution >= 0.6 is 23.5 Å². The summed E-state index contributed by atoms with van der Waals surface area (Å²) in [5.41, 5.74) is 1.33. The number of hydrogen-bond acceptors (Lipinski definition) is 5. The van der Waals surface area contributed by atoms with Crippen molar-refractivity contribution in [2.45, 2.75) is 42.4 Å². The van der Waals surface area contributed by atoms with Crippen molar-refractivity contribution in [1.82, 2.24) is 10.2 Å². The quantitative estimate of drug-likeness (QED) is 0.742. The second-order valence-corrected chi connectivity index (χ2v) is 7.15. The van der Waals surface area contributed by atoms with Crippen molar-refractivity contribution >= 4 is 23.5 Å². The highest BCUT2D eigenvalue weighted by molar-refractivity contribution is 7.99. The molecule has 1 aromatic carbocycles. The van der Waals surface area contributed by atoms with Gasteiger partial charge >= 0.3 is 0 Å². The number of aromatic nitrogens is 2. The van der Waals surface area contributed by atoms with Crippen LogP contribution in [0.25, 0.3) is 0 Å². The van der Waals surface area contributed by atoms with Crippen LogP contribution in [0.15, 0.2) is 33.6 Å². The van der Waals surface area contributed by atoms with Crippen molar-refractivity contribution in [1.29, 1.82) is 0 Å². The average Bonchev–Trinajstić information content (AvgIpc) is 2.77. The van der Waals surface area contributed by atoms with Crippen LogP contribution in [-0.2, 0) is 11.5 Å². The Morgan fingerprint density at radius 2 is 1.84 bits per heavy atom. The molecule has 0 amide bonds. The first-order valence-electron chi connectivity index (χ1n) is 6.26. The molecular formula is C14H18N2OS2. The maximum atomic E-state index is 5.34. The van der Waals surface area contributed by atoms with Crippen molar-refractivity contribution in [3.63, 3.8) is 0 Å². The number of benzene rings is 1. The maximum Gasteiger partial charge on any atom is 0.226 e. The molecule has 0 aliphatic carbocycles. The first kappa shape index (κ1) is 14.5. The van der Waals surface area contributed by atoms with Crippen LogP contribution in [0.3, 0.4) is 0 Å². The minimum Gasteiger partial charge on any atom is -0.425 e. The molecule has 0 atom stereocenters. The van der Waals surface area contributed by atoms with Gasteiger partial charge in [0.05, 0.1) is 5.75 Å². The van der Waals surface area contributed by atoms with Gasteiger partial charge in [-0.15, -0.1) is 33.7 Å². The molecule has 0 unspecified atom stereocenters. The van der Waals surface area contributed by atoms with Gasteiger partial charge in [-0.2, -0.15) is 0 Å². The molecule has 0 saturated carbocycles. The molecule has 0 bridgehead atoms. The summed E-state index contributed by atoms with van der Waals surface area (Å²) < 4.78 is 5.34. The van der Waals surface area contributed by atoms with Gasteiger partial charge in [-0.3, -0.25) is 0 Å². The van der Waals surface area contributed by atoms with E-state index in [1.807, 2.05) is 18.7 Å². The highest BCUT2D eigenvalue weighted by Gasteiger charge is 2.03.